The van der Waals surface area contributed by atoms with Crippen molar-refractivity contribution >= 4 is 23.2 Å². The van der Waals surface area contributed by atoms with Gasteiger partial charge in [-0.1, -0.05) is 42.3 Å². The molecule has 1 N–H and O–H groups in total. The Kier molecular flexibility index (Phi) is 4.73. The molecule has 1 aromatic carbocycles. The van der Waals surface area contributed by atoms with Crippen LogP contribution in [0.5, 0.6) is 0 Å². The Hall–Kier alpha value is -0.240. The van der Waals surface area contributed by atoms with Gasteiger partial charge in [0, 0.05) is 12.6 Å². The Bertz CT molecular complexity index is 299. The molecule has 1 nitrogen and oxygen atoms in total. The zero-order chi connectivity index (χ0) is 10.6. The minimum atomic E-state index is 0.505. The highest BCUT2D eigenvalue weighted by Crippen LogP contribution is 2.25. The smallest absolute Gasteiger partial charge is 0.0637 e. The van der Waals surface area contributed by atoms with E-state index in [9.17, 15) is 0 Å². The largest absolute Gasteiger partial charge is 0.310 e. The van der Waals surface area contributed by atoms with Gasteiger partial charge in [-0.15, -0.1) is 0 Å². The molecule has 0 saturated heterocycles. The molecule has 0 bridgehead atoms. The van der Waals surface area contributed by atoms with Crippen LogP contribution >= 0.6 is 23.2 Å². The van der Waals surface area contributed by atoms with Crippen molar-refractivity contribution in [3.63, 3.8) is 0 Å². The quantitative estimate of drug-likeness (QED) is 0.830. The zero-order valence-corrected chi connectivity index (χ0v) is 9.99. The second kappa shape index (κ2) is 5.59. The fourth-order valence-corrected chi connectivity index (χ4v) is 1.50. The van der Waals surface area contributed by atoms with Crippen molar-refractivity contribution in [1.82, 2.24) is 5.32 Å². The van der Waals surface area contributed by atoms with Crippen molar-refractivity contribution in [1.29, 1.82) is 0 Å². The molecule has 0 aliphatic rings. The highest BCUT2D eigenvalue weighted by atomic mass is 35.5. The highest BCUT2D eigenvalue weighted by Gasteiger charge is 2.04. The predicted octanol–water partition coefficient (Wildman–Crippen LogP) is 3.88. The Morgan fingerprint density at radius 3 is 2.71 bits per heavy atom. The monoisotopic (exact) mass is 231 g/mol. The lowest BCUT2D eigenvalue weighted by atomic mass is 10.2. The molecular weight excluding hydrogens is 217 g/mol. The van der Waals surface area contributed by atoms with Gasteiger partial charge in [0.1, 0.15) is 0 Å². The summed E-state index contributed by atoms with van der Waals surface area (Å²) in [6.45, 7) is 5.07. The number of nitrogens with one attached hydrogen (secondary N) is 1. The van der Waals surface area contributed by atoms with Crippen LogP contribution in [0, 0.1) is 0 Å². The average Bonchev–Trinajstić information content (AvgIpc) is 2.20. The van der Waals surface area contributed by atoms with Crippen molar-refractivity contribution in [2.24, 2.45) is 0 Å². The van der Waals surface area contributed by atoms with E-state index in [1.807, 2.05) is 12.1 Å². The first-order chi connectivity index (χ1) is 6.65. The summed E-state index contributed by atoms with van der Waals surface area (Å²) in [5.41, 5.74) is 1.06. The van der Waals surface area contributed by atoms with Crippen LogP contribution in [0.25, 0.3) is 0 Å². The summed E-state index contributed by atoms with van der Waals surface area (Å²) in [7, 11) is 0. The van der Waals surface area contributed by atoms with Crippen LogP contribution in [-0.4, -0.2) is 6.04 Å². The lowest BCUT2D eigenvalue weighted by Crippen LogP contribution is -2.24. The van der Waals surface area contributed by atoms with Crippen LogP contribution in [0.4, 0.5) is 0 Å². The second-order valence-electron chi connectivity index (χ2n) is 3.40. The van der Waals surface area contributed by atoms with Crippen molar-refractivity contribution in [3.8, 4) is 0 Å². The third kappa shape index (κ3) is 3.16. The molecule has 1 aromatic rings. The minimum Gasteiger partial charge on any atom is -0.310 e. The Labute approximate surface area is 95.4 Å². The van der Waals surface area contributed by atoms with E-state index in [1.165, 1.54) is 0 Å². The molecule has 0 saturated carbocycles. The second-order valence-corrected chi connectivity index (χ2v) is 4.19. The van der Waals surface area contributed by atoms with Gasteiger partial charge in [0.15, 0.2) is 0 Å². The average molecular weight is 232 g/mol. The number of halogens is 2. The number of rotatable bonds is 4. The molecule has 0 aliphatic heterocycles. The van der Waals surface area contributed by atoms with Crippen molar-refractivity contribution in [2.45, 2.75) is 32.9 Å². The molecule has 0 spiro atoms. The van der Waals surface area contributed by atoms with Crippen molar-refractivity contribution < 1.29 is 0 Å². The van der Waals surface area contributed by atoms with Crippen LogP contribution in [0.15, 0.2) is 18.2 Å². The molecule has 0 unspecified atom stereocenters. The molecule has 3 heteroatoms. The fraction of sp³-hybridized carbons (Fsp3) is 0.455. The molecule has 0 aliphatic carbocycles. The van der Waals surface area contributed by atoms with E-state index in [4.69, 9.17) is 23.2 Å². The summed E-state index contributed by atoms with van der Waals surface area (Å²) in [4.78, 5) is 0. The van der Waals surface area contributed by atoms with E-state index in [0.717, 1.165) is 18.5 Å². The van der Waals surface area contributed by atoms with Crippen LogP contribution < -0.4 is 5.32 Å². The molecule has 0 heterocycles. The molecule has 78 valence electrons. The number of benzene rings is 1. The summed E-state index contributed by atoms with van der Waals surface area (Å²) >= 11 is 12.0. The first kappa shape index (κ1) is 11.8. The SMILES string of the molecule is CC[C@@H](C)NCc1cccc(Cl)c1Cl. The van der Waals surface area contributed by atoms with Crippen LogP contribution in [0.2, 0.25) is 10.0 Å². The van der Waals surface area contributed by atoms with E-state index in [-0.39, 0.29) is 0 Å². The van der Waals surface area contributed by atoms with E-state index in [2.05, 4.69) is 19.2 Å². The van der Waals surface area contributed by atoms with Gasteiger partial charge in [0.2, 0.25) is 0 Å². The maximum absolute atomic E-state index is 6.05. The Morgan fingerprint density at radius 1 is 1.36 bits per heavy atom. The molecule has 1 rings (SSSR count). The van der Waals surface area contributed by atoms with Gasteiger partial charge < -0.3 is 5.32 Å². The third-order valence-corrected chi connectivity index (χ3v) is 3.14. The Morgan fingerprint density at radius 2 is 2.07 bits per heavy atom. The lowest BCUT2D eigenvalue weighted by molar-refractivity contribution is 0.534. The van der Waals surface area contributed by atoms with Crippen LogP contribution in [0.1, 0.15) is 25.8 Å². The van der Waals surface area contributed by atoms with Crippen LogP contribution in [0.3, 0.4) is 0 Å². The lowest BCUT2D eigenvalue weighted by Gasteiger charge is -2.12. The summed E-state index contributed by atoms with van der Waals surface area (Å²) in [5, 5.41) is 4.65. The van der Waals surface area contributed by atoms with Crippen molar-refractivity contribution in [3.05, 3.63) is 33.8 Å². The van der Waals surface area contributed by atoms with E-state index < -0.39 is 0 Å². The number of hydrogen-bond donors (Lipinski definition) is 1. The first-order valence-corrected chi connectivity index (χ1v) is 5.57. The van der Waals surface area contributed by atoms with Gasteiger partial charge in [0.25, 0.3) is 0 Å². The van der Waals surface area contributed by atoms with Gasteiger partial charge in [-0.25, -0.2) is 0 Å². The molecule has 0 aromatic heterocycles. The number of hydrogen-bond acceptors (Lipinski definition) is 1. The van der Waals surface area contributed by atoms with Crippen molar-refractivity contribution in [2.75, 3.05) is 0 Å². The summed E-state index contributed by atoms with van der Waals surface area (Å²) in [6, 6.07) is 6.22. The van der Waals surface area contributed by atoms with Crippen LogP contribution in [-0.2, 0) is 6.54 Å². The van der Waals surface area contributed by atoms with Gasteiger partial charge in [-0.3, -0.25) is 0 Å². The summed E-state index contributed by atoms with van der Waals surface area (Å²) in [6.07, 6.45) is 1.11. The highest BCUT2D eigenvalue weighted by molar-refractivity contribution is 6.42. The minimum absolute atomic E-state index is 0.505. The standard InChI is InChI=1S/C11H15Cl2N/c1-3-8(2)14-7-9-5-4-6-10(12)11(9)13/h4-6,8,14H,3,7H2,1-2H3/t8-/m1/s1. The molecule has 0 amide bonds. The fourth-order valence-electron chi connectivity index (χ4n) is 1.11. The third-order valence-electron chi connectivity index (χ3n) is 2.28. The van der Waals surface area contributed by atoms with Gasteiger partial charge in [-0.2, -0.15) is 0 Å². The van der Waals surface area contributed by atoms with E-state index in [0.29, 0.717) is 16.1 Å². The summed E-state index contributed by atoms with van der Waals surface area (Å²) in [5.74, 6) is 0. The molecule has 0 fully saturated rings. The first-order valence-electron chi connectivity index (χ1n) is 4.81. The normalized spacial score (nSPS) is 12.9. The van der Waals surface area contributed by atoms with Gasteiger partial charge in [0.05, 0.1) is 10.0 Å². The van der Waals surface area contributed by atoms with E-state index in [1.54, 1.807) is 6.07 Å². The maximum Gasteiger partial charge on any atom is 0.0637 e. The Balaban J connectivity index is 2.63. The molecule has 1 atom stereocenters. The van der Waals surface area contributed by atoms with Gasteiger partial charge >= 0.3 is 0 Å². The summed E-state index contributed by atoms with van der Waals surface area (Å²) < 4.78 is 0. The maximum atomic E-state index is 6.05. The zero-order valence-electron chi connectivity index (χ0n) is 8.48. The molecule has 0 radical (unpaired) electrons. The van der Waals surface area contributed by atoms with E-state index >= 15 is 0 Å². The topological polar surface area (TPSA) is 12.0 Å². The van der Waals surface area contributed by atoms with Gasteiger partial charge in [-0.05, 0) is 25.0 Å². The molecule has 14 heavy (non-hydrogen) atoms. The predicted molar refractivity (Wildman–Crippen MR) is 63.1 cm³/mol. The molecular formula is C11H15Cl2N.